The van der Waals surface area contributed by atoms with Crippen molar-refractivity contribution >= 4 is 11.5 Å². The molecule has 0 saturated heterocycles. The average Bonchev–Trinajstić information content (AvgIpc) is 3.37. The highest BCUT2D eigenvalue weighted by atomic mass is 32.1. The van der Waals surface area contributed by atoms with Crippen molar-refractivity contribution in [1.82, 2.24) is 4.37 Å². The molecule has 0 bridgehead atoms. The first-order valence-electron chi connectivity index (χ1n) is 9.20. The van der Waals surface area contributed by atoms with Crippen LogP contribution in [0, 0.1) is 0 Å². The number of fused-ring (bicyclic) bond motifs is 1. The monoisotopic (exact) mass is 403 g/mol. The number of nitrogens with one attached hydrogen (secondary N) is 1. The Kier molecular flexibility index (Phi) is 4.54. The summed E-state index contributed by atoms with van der Waals surface area (Å²) in [5.74, 6) is 2.90. The van der Waals surface area contributed by atoms with Crippen LogP contribution in [-0.2, 0) is 0 Å². The van der Waals surface area contributed by atoms with E-state index in [0.29, 0.717) is 12.4 Å². The normalized spacial score (nSPS) is 14.8. The minimum atomic E-state index is -0.210. The molecule has 5 rings (SSSR count). The van der Waals surface area contributed by atoms with Gasteiger partial charge in [-0.05, 0) is 48.0 Å². The Morgan fingerprint density at radius 1 is 0.931 bits per heavy atom. The van der Waals surface area contributed by atoms with Crippen LogP contribution in [-0.4, -0.2) is 11.0 Å². The molecule has 0 fully saturated rings. The Labute approximate surface area is 171 Å². The van der Waals surface area contributed by atoms with Crippen molar-refractivity contribution in [3.8, 4) is 33.4 Å². The summed E-state index contributed by atoms with van der Waals surface area (Å²) in [6.07, 6.45) is -0.210. The van der Waals surface area contributed by atoms with E-state index in [2.05, 4.69) is 4.37 Å². The number of para-hydroxylation sites is 2. The highest BCUT2D eigenvalue weighted by Gasteiger charge is 2.29. The van der Waals surface area contributed by atoms with Crippen LogP contribution in [0.3, 0.4) is 0 Å². The summed E-state index contributed by atoms with van der Waals surface area (Å²) in [6, 6.07) is 24.8. The lowest BCUT2D eigenvalue weighted by Crippen LogP contribution is -2.08. The minimum Gasteiger partial charge on any atom is -0.485 e. The van der Waals surface area contributed by atoms with Gasteiger partial charge in [0.2, 0.25) is 0 Å². The minimum absolute atomic E-state index is 0.0847. The average molecular weight is 403 g/mol. The van der Waals surface area contributed by atoms with Gasteiger partial charge in [-0.3, -0.25) is 9.17 Å². The molecular formula is C23H17NO4S. The van der Waals surface area contributed by atoms with Gasteiger partial charge in [0.1, 0.15) is 18.1 Å². The molecule has 1 aromatic heterocycles. The van der Waals surface area contributed by atoms with Gasteiger partial charge < -0.3 is 14.2 Å². The lowest BCUT2D eigenvalue weighted by atomic mass is 10.1. The van der Waals surface area contributed by atoms with E-state index in [1.807, 2.05) is 72.8 Å². The van der Waals surface area contributed by atoms with Gasteiger partial charge in [-0.15, -0.1) is 0 Å². The molecule has 3 aromatic carbocycles. The van der Waals surface area contributed by atoms with Crippen LogP contribution < -0.4 is 19.8 Å². The van der Waals surface area contributed by atoms with Crippen LogP contribution in [0.25, 0.3) is 10.4 Å². The third-order valence-electron chi connectivity index (χ3n) is 4.65. The summed E-state index contributed by atoms with van der Waals surface area (Å²) >= 11 is 1.32. The lowest BCUT2D eigenvalue weighted by molar-refractivity contribution is 0.162. The molecule has 5 nitrogen and oxygen atoms in total. The number of rotatable bonds is 5. The smallest absolute Gasteiger partial charge is 0.258 e. The molecule has 1 unspecified atom stereocenters. The Morgan fingerprint density at radius 3 is 2.52 bits per heavy atom. The largest absolute Gasteiger partial charge is 0.485 e. The van der Waals surface area contributed by atoms with Gasteiger partial charge in [-0.1, -0.05) is 41.9 Å². The third kappa shape index (κ3) is 3.62. The number of hydrogen-bond donors (Lipinski definition) is 1. The summed E-state index contributed by atoms with van der Waals surface area (Å²) < 4.78 is 20.7. The Hall–Kier alpha value is -3.51. The molecule has 1 N–H and O–H groups in total. The Balaban J connectivity index is 1.34. The van der Waals surface area contributed by atoms with E-state index in [4.69, 9.17) is 14.2 Å². The number of ether oxygens (including phenoxy) is 3. The van der Waals surface area contributed by atoms with Gasteiger partial charge >= 0.3 is 0 Å². The standard InChI is InChI=1S/C23H17NO4S/c25-22-13-21(29-24-22)15-9-11-17(12-10-15)28-20-14-26-23-18(20)7-4-8-19(23)27-16-5-2-1-3-6-16/h1-13,20H,14H2,(H,24,25). The number of aromatic nitrogens is 1. The van der Waals surface area contributed by atoms with Gasteiger partial charge in [0.25, 0.3) is 5.56 Å². The summed E-state index contributed by atoms with van der Waals surface area (Å²) in [5, 5.41) is 0. The molecule has 0 radical (unpaired) electrons. The second kappa shape index (κ2) is 7.48. The van der Waals surface area contributed by atoms with Crippen molar-refractivity contribution in [3.63, 3.8) is 0 Å². The predicted octanol–water partition coefficient (Wildman–Crippen LogP) is 5.41. The van der Waals surface area contributed by atoms with E-state index >= 15 is 0 Å². The zero-order valence-corrected chi connectivity index (χ0v) is 16.1. The van der Waals surface area contributed by atoms with Crippen molar-refractivity contribution in [2.24, 2.45) is 0 Å². The summed E-state index contributed by atoms with van der Waals surface area (Å²) in [4.78, 5) is 12.2. The van der Waals surface area contributed by atoms with Crippen LogP contribution in [0.2, 0.25) is 0 Å². The fourth-order valence-electron chi connectivity index (χ4n) is 3.27. The Bertz CT molecular complexity index is 1180. The summed E-state index contributed by atoms with van der Waals surface area (Å²) in [5.41, 5.74) is 1.85. The maximum atomic E-state index is 11.3. The fraction of sp³-hybridized carbons (Fsp3) is 0.0870. The Morgan fingerprint density at radius 2 is 1.76 bits per heavy atom. The molecule has 1 aliphatic rings. The van der Waals surface area contributed by atoms with Crippen molar-refractivity contribution in [2.45, 2.75) is 6.10 Å². The first-order chi connectivity index (χ1) is 14.3. The summed E-state index contributed by atoms with van der Waals surface area (Å²) in [6.45, 7) is 0.422. The second-order valence-corrected chi connectivity index (χ2v) is 7.46. The van der Waals surface area contributed by atoms with E-state index in [0.717, 1.165) is 33.3 Å². The van der Waals surface area contributed by atoms with Crippen LogP contribution >= 0.6 is 11.5 Å². The number of benzene rings is 3. The van der Waals surface area contributed by atoms with Crippen molar-refractivity contribution < 1.29 is 14.2 Å². The number of hydrogen-bond acceptors (Lipinski definition) is 5. The van der Waals surface area contributed by atoms with Gasteiger partial charge in [0, 0.05) is 11.6 Å². The first-order valence-corrected chi connectivity index (χ1v) is 10.0. The van der Waals surface area contributed by atoms with E-state index in [-0.39, 0.29) is 11.7 Å². The topological polar surface area (TPSA) is 60.6 Å². The van der Waals surface area contributed by atoms with Crippen molar-refractivity contribution in [2.75, 3.05) is 6.61 Å². The number of aromatic amines is 1. The van der Waals surface area contributed by atoms with Gasteiger partial charge in [-0.25, -0.2) is 0 Å². The van der Waals surface area contributed by atoms with Gasteiger partial charge in [0.05, 0.1) is 4.88 Å². The first kappa shape index (κ1) is 17.6. The number of H-pyrrole nitrogens is 1. The SMILES string of the molecule is O=c1cc(-c2ccc(OC3COc4c(Oc5ccccc5)cccc43)cc2)s[nH]1. The molecule has 29 heavy (non-hydrogen) atoms. The highest BCUT2D eigenvalue weighted by molar-refractivity contribution is 7.09. The predicted molar refractivity (Wildman–Crippen MR) is 112 cm³/mol. The summed E-state index contributed by atoms with van der Waals surface area (Å²) in [7, 11) is 0. The molecule has 2 heterocycles. The van der Waals surface area contributed by atoms with Gasteiger partial charge in [0.15, 0.2) is 17.6 Å². The quantitative estimate of drug-likeness (QED) is 0.484. The molecule has 6 heteroatoms. The van der Waals surface area contributed by atoms with E-state index in [9.17, 15) is 4.79 Å². The molecule has 4 aromatic rings. The highest BCUT2D eigenvalue weighted by Crippen LogP contribution is 2.43. The molecule has 144 valence electrons. The van der Waals surface area contributed by atoms with E-state index in [1.54, 1.807) is 6.07 Å². The van der Waals surface area contributed by atoms with E-state index in [1.165, 1.54) is 11.5 Å². The molecule has 1 atom stereocenters. The van der Waals surface area contributed by atoms with Crippen molar-refractivity contribution in [3.05, 3.63) is 94.8 Å². The second-order valence-electron chi connectivity index (χ2n) is 6.61. The van der Waals surface area contributed by atoms with Crippen LogP contribution in [0.1, 0.15) is 11.7 Å². The maximum absolute atomic E-state index is 11.3. The van der Waals surface area contributed by atoms with Crippen molar-refractivity contribution in [1.29, 1.82) is 0 Å². The zero-order valence-electron chi connectivity index (χ0n) is 15.3. The molecule has 0 aliphatic carbocycles. The van der Waals surface area contributed by atoms with Crippen LogP contribution in [0.15, 0.2) is 83.7 Å². The molecule has 0 amide bonds. The fourth-order valence-corrected chi connectivity index (χ4v) is 3.96. The maximum Gasteiger partial charge on any atom is 0.258 e. The molecule has 0 saturated carbocycles. The molecule has 1 aliphatic heterocycles. The zero-order chi connectivity index (χ0) is 19.6. The molecular weight excluding hydrogens is 386 g/mol. The molecule has 0 spiro atoms. The van der Waals surface area contributed by atoms with Crippen LogP contribution in [0.4, 0.5) is 0 Å². The third-order valence-corrected chi connectivity index (χ3v) is 5.52. The van der Waals surface area contributed by atoms with Gasteiger partial charge in [-0.2, -0.15) is 0 Å². The van der Waals surface area contributed by atoms with E-state index < -0.39 is 0 Å². The lowest BCUT2D eigenvalue weighted by Gasteiger charge is -2.13. The van der Waals surface area contributed by atoms with Crippen LogP contribution in [0.5, 0.6) is 23.0 Å².